The lowest BCUT2D eigenvalue weighted by Gasteiger charge is -2.46. The average molecular weight is 577 g/mol. The van der Waals surface area contributed by atoms with Crippen LogP contribution in [0.2, 0.25) is 0 Å². The first kappa shape index (κ1) is 27.3. The monoisotopic (exact) mass is 576 g/mol. The van der Waals surface area contributed by atoms with Crippen LogP contribution in [-0.4, -0.2) is 74.2 Å². The van der Waals surface area contributed by atoms with E-state index in [2.05, 4.69) is 42.1 Å². The van der Waals surface area contributed by atoms with E-state index in [1.807, 2.05) is 18.3 Å². The molecule has 1 aromatic carbocycles. The maximum atomic E-state index is 15.0. The number of nitrogens with one attached hydrogen (secondary N) is 1. The molecule has 42 heavy (non-hydrogen) atoms. The van der Waals surface area contributed by atoms with Gasteiger partial charge in [0.1, 0.15) is 29.5 Å². The quantitative estimate of drug-likeness (QED) is 0.317. The maximum absolute atomic E-state index is 15.0. The van der Waals surface area contributed by atoms with Crippen LogP contribution in [0.4, 0.5) is 24.9 Å². The second-order valence-corrected chi connectivity index (χ2v) is 12.2. The van der Waals surface area contributed by atoms with Crippen LogP contribution in [0.25, 0.3) is 22.3 Å². The van der Waals surface area contributed by atoms with E-state index in [4.69, 9.17) is 0 Å². The number of alkyl halides is 1. The summed E-state index contributed by atoms with van der Waals surface area (Å²) >= 11 is 0. The van der Waals surface area contributed by atoms with Crippen LogP contribution >= 0.6 is 0 Å². The Labute approximate surface area is 243 Å². The standard InChI is InChI=1S/C31H35F3N8/c1-40-10-6-31(7-11-40)8-12-41(13-9-31)19-20-2-4-26(35-17-20)37-30-36-18-24(34)28(39-30)21-14-23(33)29-25(15-21)42-22(16-32)3-5-27(42)38-29/h2,4,14-15,17-18,22H,3,5-13,16,19H2,1H3,(H,35,36,37,39)/t22-/m0/s1. The Hall–Kier alpha value is -3.57. The molecule has 1 atom stereocenters. The molecule has 0 unspecified atom stereocenters. The number of hydrogen-bond acceptors (Lipinski definition) is 7. The predicted octanol–water partition coefficient (Wildman–Crippen LogP) is 5.67. The van der Waals surface area contributed by atoms with E-state index in [0.717, 1.165) is 31.4 Å². The van der Waals surface area contributed by atoms with Crippen molar-refractivity contribution in [1.29, 1.82) is 0 Å². The first-order valence-corrected chi connectivity index (χ1v) is 14.8. The largest absolute Gasteiger partial charge is 0.322 e. The van der Waals surface area contributed by atoms with Gasteiger partial charge in [-0.3, -0.25) is 4.90 Å². The minimum Gasteiger partial charge on any atom is -0.322 e. The van der Waals surface area contributed by atoms with E-state index in [1.165, 1.54) is 44.8 Å². The third-order valence-electron chi connectivity index (χ3n) is 9.52. The number of likely N-dealkylation sites (tertiary alicyclic amines) is 2. The SMILES string of the molecule is CN1CCC2(CC1)CCN(Cc1ccc(Nc3ncc(F)c(-c4cc(F)c5nc6n(c5c4)[C@H](CF)CC6)n3)nc1)CC2. The van der Waals surface area contributed by atoms with E-state index >= 15 is 4.39 Å². The van der Waals surface area contributed by atoms with Crippen LogP contribution in [0.5, 0.6) is 0 Å². The summed E-state index contributed by atoms with van der Waals surface area (Å²) in [5, 5.41) is 3.04. The second-order valence-electron chi connectivity index (χ2n) is 12.2. The lowest BCUT2D eigenvalue weighted by atomic mass is 9.71. The zero-order valence-electron chi connectivity index (χ0n) is 23.8. The normalized spacial score (nSPS) is 20.8. The van der Waals surface area contributed by atoms with Crippen molar-refractivity contribution in [2.24, 2.45) is 5.41 Å². The number of aryl methyl sites for hydroxylation is 1. The Morgan fingerprint density at radius 3 is 2.48 bits per heavy atom. The lowest BCUT2D eigenvalue weighted by molar-refractivity contribution is 0.0400. The van der Waals surface area contributed by atoms with Gasteiger partial charge in [-0.25, -0.2) is 33.1 Å². The van der Waals surface area contributed by atoms with E-state index < -0.39 is 24.4 Å². The van der Waals surface area contributed by atoms with Gasteiger partial charge in [-0.15, -0.1) is 0 Å². The van der Waals surface area contributed by atoms with Gasteiger partial charge in [-0.1, -0.05) is 6.07 Å². The van der Waals surface area contributed by atoms with Gasteiger partial charge in [0.05, 0.1) is 17.8 Å². The number of hydrogen-bond donors (Lipinski definition) is 1. The number of fused-ring (bicyclic) bond motifs is 3. The molecule has 0 amide bonds. The highest BCUT2D eigenvalue weighted by molar-refractivity contribution is 5.83. The number of pyridine rings is 1. The number of imidazole rings is 1. The van der Waals surface area contributed by atoms with Gasteiger partial charge in [0.15, 0.2) is 11.6 Å². The van der Waals surface area contributed by atoms with Crippen molar-refractivity contribution >= 4 is 22.8 Å². The maximum Gasteiger partial charge on any atom is 0.229 e. The molecule has 1 N–H and O–H groups in total. The van der Waals surface area contributed by atoms with Gasteiger partial charge in [-0.05, 0) is 94.5 Å². The zero-order valence-corrected chi connectivity index (χ0v) is 23.8. The Bertz CT molecular complexity index is 1590. The van der Waals surface area contributed by atoms with Crippen LogP contribution in [0.1, 0.15) is 49.5 Å². The van der Waals surface area contributed by atoms with E-state index in [1.54, 1.807) is 10.6 Å². The fourth-order valence-corrected chi connectivity index (χ4v) is 6.87. The average Bonchev–Trinajstić information content (AvgIpc) is 3.58. The number of rotatable bonds is 6. The molecule has 11 heteroatoms. The zero-order chi connectivity index (χ0) is 28.8. The fraction of sp³-hybridized carbons (Fsp3) is 0.484. The summed E-state index contributed by atoms with van der Waals surface area (Å²) in [6.45, 7) is 4.92. The van der Waals surface area contributed by atoms with Crippen LogP contribution in [0.15, 0.2) is 36.7 Å². The molecule has 3 aliphatic rings. The van der Waals surface area contributed by atoms with Crippen LogP contribution in [0.3, 0.4) is 0 Å². The van der Waals surface area contributed by atoms with E-state index in [9.17, 15) is 8.78 Å². The predicted molar refractivity (Wildman–Crippen MR) is 155 cm³/mol. The van der Waals surface area contributed by atoms with Crippen molar-refractivity contribution < 1.29 is 13.2 Å². The van der Waals surface area contributed by atoms with Gasteiger partial charge >= 0.3 is 0 Å². The minimum absolute atomic E-state index is 0.0530. The summed E-state index contributed by atoms with van der Waals surface area (Å²) in [4.78, 5) is 22.3. The van der Waals surface area contributed by atoms with Crippen molar-refractivity contribution in [2.75, 3.05) is 45.2 Å². The Morgan fingerprint density at radius 2 is 1.74 bits per heavy atom. The van der Waals surface area contributed by atoms with Crippen molar-refractivity contribution in [1.82, 2.24) is 34.3 Å². The molecule has 3 aliphatic heterocycles. The molecule has 2 fully saturated rings. The van der Waals surface area contributed by atoms with Crippen molar-refractivity contribution in [3.8, 4) is 11.3 Å². The number of nitrogens with zero attached hydrogens (tertiary/aromatic N) is 7. The number of benzene rings is 1. The topological polar surface area (TPSA) is 75.0 Å². The molecular weight excluding hydrogens is 541 g/mol. The highest BCUT2D eigenvalue weighted by Crippen LogP contribution is 2.41. The lowest BCUT2D eigenvalue weighted by Crippen LogP contribution is -2.45. The number of halogens is 3. The fourth-order valence-electron chi connectivity index (χ4n) is 6.87. The summed E-state index contributed by atoms with van der Waals surface area (Å²) in [5.41, 5.74) is 2.44. The molecular formula is C31H35F3N8. The van der Waals surface area contributed by atoms with Gasteiger partial charge in [0, 0.05) is 24.7 Å². The third-order valence-corrected chi connectivity index (χ3v) is 9.52. The van der Waals surface area contributed by atoms with Crippen LogP contribution < -0.4 is 5.32 Å². The number of aromatic nitrogens is 5. The Morgan fingerprint density at radius 1 is 0.952 bits per heavy atom. The number of anilines is 2. The smallest absolute Gasteiger partial charge is 0.229 e. The van der Waals surface area contributed by atoms with Gasteiger partial charge in [0.25, 0.3) is 0 Å². The third kappa shape index (κ3) is 5.13. The van der Waals surface area contributed by atoms with Crippen LogP contribution in [0, 0.1) is 17.0 Å². The second kappa shape index (κ2) is 10.9. The van der Waals surface area contributed by atoms with Gasteiger partial charge in [-0.2, -0.15) is 0 Å². The highest BCUT2D eigenvalue weighted by Gasteiger charge is 2.36. The molecule has 2 saturated heterocycles. The summed E-state index contributed by atoms with van der Waals surface area (Å²) in [6, 6.07) is 6.34. The molecule has 0 radical (unpaired) electrons. The molecule has 0 aliphatic carbocycles. The van der Waals surface area contributed by atoms with E-state index in [0.29, 0.717) is 35.4 Å². The van der Waals surface area contributed by atoms with Crippen LogP contribution in [-0.2, 0) is 13.0 Å². The molecule has 1 spiro atoms. The number of piperidine rings is 2. The molecule has 4 aromatic rings. The molecule has 6 heterocycles. The summed E-state index contributed by atoms with van der Waals surface area (Å²) < 4.78 is 45.3. The molecule has 8 nitrogen and oxygen atoms in total. The van der Waals surface area contributed by atoms with Crippen molar-refractivity contribution in [3.63, 3.8) is 0 Å². The Kier molecular flexibility index (Phi) is 7.09. The molecule has 0 saturated carbocycles. The summed E-state index contributed by atoms with van der Waals surface area (Å²) in [7, 11) is 2.22. The summed E-state index contributed by atoms with van der Waals surface area (Å²) in [5.74, 6) is 0.0367. The van der Waals surface area contributed by atoms with Gasteiger partial charge in [0.2, 0.25) is 5.95 Å². The first-order valence-electron chi connectivity index (χ1n) is 14.8. The van der Waals surface area contributed by atoms with Gasteiger partial charge < -0.3 is 14.8 Å². The highest BCUT2D eigenvalue weighted by atomic mass is 19.1. The molecule has 220 valence electrons. The molecule has 3 aromatic heterocycles. The van der Waals surface area contributed by atoms with Crippen molar-refractivity contribution in [2.45, 2.75) is 51.1 Å². The minimum atomic E-state index is -0.686. The molecule has 7 rings (SSSR count). The first-order chi connectivity index (χ1) is 20.4. The molecule has 0 bridgehead atoms. The van der Waals surface area contributed by atoms with Crippen molar-refractivity contribution in [3.05, 3.63) is 59.7 Å². The Balaban J connectivity index is 1.04. The van der Waals surface area contributed by atoms with E-state index in [-0.39, 0.29) is 22.7 Å². The summed E-state index contributed by atoms with van der Waals surface area (Å²) in [6.07, 6.45) is 9.22.